The van der Waals surface area contributed by atoms with Crippen LogP contribution in [0.2, 0.25) is 0 Å². The SMILES string of the molecule is CCCNC(=O)[C@H](C)N1CCC(C)CC1. The van der Waals surface area contributed by atoms with E-state index in [0.29, 0.717) is 0 Å². The first-order chi connectivity index (χ1) is 7.15. The summed E-state index contributed by atoms with van der Waals surface area (Å²) in [6.45, 7) is 9.32. The highest BCUT2D eigenvalue weighted by molar-refractivity contribution is 5.81. The number of carbonyl (C=O) groups is 1. The van der Waals surface area contributed by atoms with Crippen LogP contribution in [0.15, 0.2) is 0 Å². The van der Waals surface area contributed by atoms with Gasteiger partial charge in [-0.15, -0.1) is 0 Å². The molecule has 15 heavy (non-hydrogen) atoms. The number of hydrogen-bond acceptors (Lipinski definition) is 2. The summed E-state index contributed by atoms with van der Waals surface area (Å²) in [5, 5.41) is 2.96. The van der Waals surface area contributed by atoms with E-state index < -0.39 is 0 Å². The molecule has 1 N–H and O–H groups in total. The normalized spacial score (nSPS) is 21.3. The van der Waals surface area contributed by atoms with E-state index in [9.17, 15) is 4.79 Å². The standard InChI is InChI=1S/C12H24N2O/c1-4-7-13-12(15)11(3)14-8-5-10(2)6-9-14/h10-11H,4-9H2,1-3H3,(H,13,15)/t11-/m0/s1. The van der Waals surface area contributed by atoms with Gasteiger partial charge in [-0.2, -0.15) is 0 Å². The number of nitrogens with zero attached hydrogens (tertiary/aromatic N) is 1. The summed E-state index contributed by atoms with van der Waals surface area (Å²) in [5.41, 5.74) is 0. The minimum absolute atomic E-state index is 0.0454. The van der Waals surface area contributed by atoms with Gasteiger partial charge in [0.25, 0.3) is 0 Å². The lowest BCUT2D eigenvalue weighted by atomic mass is 9.98. The van der Waals surface area contributed by atoms with Gasteiger partial charge in [0.1, 0.15) is 0 Å². The second-order valence-electron chi connectivity index (χ2n) is 4.69. The molecule has 0 aromatic rings. The van der Waals surface area contributed by atoms with Crippen molar-refractivity contribution in [3.8, 4) is 0 Å². The van der Waals surface area contributed by atoms with Crippen LogP contribution in [0.3, 0.4) is 0 Å². The van der Waals surface area contributed by atoms with E-state index in [2.05, 4.69) is 24.1 Å². The zero-order valence-corrected chi connectivity index (χ0v) is 10.3. The van der Waals surface area contributed by atoms with Gasteiger partial charge in [-0.1, -0.05) is 13.8 Å². The van der Waals surface area contributed by atoms with Crippen LogP contribution in [0, 0.1) is 5.92 Å². The van der Waals surface area contributed by atoms with Gasteiger partial charge in [0.2, 0.25) is 5.91 Å². The van der Waals surface area contributed by atoms with Crippen molar-refractivity contribution >= 4 is 5.91 Å². The molecule has 1 aliphatic heterocycles. The molecule has 0 aromatic heterocycles. The molecule has 0 radical (unpaired) electrons. The Labute approximate surface area is 93.2 Å². The van der Waals surface area contributed by atoms with Gasteiger partial charge in [-0.3, -0.25) is 9.69 Å². The van der Waals surface area contributed by atoms with Crippen molar-refractivity contribution in [2.75, 3.05) is 19.6 Å². The zero-order chi connectivity index (χ0) is 11.3. The number of amides is 1. The lowest BCUT2D eigenvalue weighted by molar-refractivity contribution is -0.126. The molecule has 0 aliphatic carbocycles. The monoisotopic (exact) mass is 212 g/mol. The van der Waals surface area contributed by atoms with E-state index in [-0.39, 0.29) is 11.9 Å². The van der Waals surface area contributed by atoms with Crippen LogP contribution in [-0.2, 0) is 4.79 Å². The maximum atomic E-state index is 11.7. The third-order valence-corrected chi connectivity index (χ3v) is 3.29. The van der Waals surface area contributed by atoms with Crippen LogP contribution in [0.5, 0.6) is 0 Å². The molecule has 1 rings (SSSR count). The molecule has 1 aliphatic rings. The van der Waals surface area contributed by atoms with E-state index in [0.717, 1.165) is 32.0 Å². The molecule has 0 saturated carbocycles. The van der Waals surface area contributed by atoms with Crippen LogP contribution in [0.1, 0.15) is 40.0 Å². The van der Waals surface area contributed by atoms with Gasteiger partial charge in [0, 0.05) is 6.54 Å². The fourth-order valence-electron chi connectivity index (χ4n) is 1.98. The number of likely N-dealkylation sites (tertiary alicyclic amines) is 1. The Morgan fingerprint density at radius 3 is 2.60 bits per heavy atom. The highest BCUT2D eigenvalue weighted by atomic mass is 16.2. The van der Waals surface area contributed by atoms with Gasteiger partial charge >= 0.3 is 0 Å². The third-order valence-electron chi connectivity index (χ3n) is 3.29. The topological polar surface area (TPSA) is 32.3 Å². The minimum Gasteiger partial charge on any atom is -0.355 e. The van der Waals surface area contributed by atoms with Crippen molar-refractivity contribution in [3.05, 3.63) is 0 Å². The highest BCUT2D eigenvalue weighted by Crippen LogP contribution is 2.17. The third kappa shape index (κ3) is 3.82. The van der Waals surface area contributed by atoms with E-state index in [4.69, 9.17) is 0 Å². The second kappa shape index (κ2) is 6.11. The summed E-state index contributed by atoms with van der Waals surface area (Å²) in [7, 11) is 0. The average molecular weight is 212 g/mol. The Hall–Kier alpha value is -0.570. The van der Waals surface area contributed by atoms with Crippen molar-refractivity contribution in [2.45, 2.75) is 46.1 Å². The van der Waals surface area contributed by atoms with Crippen LogP contribution < -0.4 is 5.32 Å². The average Bonchev–Trinajstić information content (AvgIpc) is 2.26. The van der Waals surface area contributed by atoms with Crippen molar-refractivity contribution in [3.63, 3.8) is 0 Å². The van der Waals surface area contributed by atoms with Crippen molar-refractivity contribution < 1.29 is 4.79 Å². The first-order valence-corrected chi connectivity index (χ1v) is 6.17. The summed E-state index contributed by atoms with van der Waals surface area (Å²) in [4.78, 5) is 14.0. The molecule has 1 amide bonds. The van der Waals surface area contributed by atoms with E-state index in [1.807, 2.05) is 6.92 Å². The molecule has 0 spiro atoms. The van der Waals surface area contributed by atoms with Crippen LogP contribution >= 0.6 is 0 Å². The summed E-state index contributed by atoms with van der Waals surface area (Å²) in [5.74, 6) is 1.01. The number of rotatable bonds is 4. The maximum Gasteiger partial charge on any atom is 0.237 e. The molecule has 0 unspecified atom stereocenters. The summed E-state index contributed by atoms with van der Waals surface area (Å²) >= 11 is 0. The summed E-state index contributed by atoms with van der Waals surface area (Å²) in [6.07, 6.45) is 3.46. The lowest BCUT2D eigenvalue weighted by Gasteiger charge is -2.34. The number of piperidine rings is 1. The Bertz CT molecular complexity index is 198. The Morgan fingerprint density at radius 2 is 2.07 bits per heavy atom. The molecular formula is C12H24N2O. The molecule has 3 heteroatoms. The van der Waals surface area contributed by atoms with E-state index in [1.54, 1.807) is 0 Å². The molecule has 0 aromatic carbocycles. The second-order valence-corrected chi connectivity index (χ2v) is 4.69. The Kier molecular flexibility index (Phi) is 5.09. The molecule has 1 fully saturated rings. The van der Waals surface area contributed by atoms with Crippen LogP contribution in [0.25, 0.3) is 0 Å². The predicted molar refractivity (Wildman–Crippen MR) is 62.7 cm³/mol. The minimum atomic E-state index is 0.0454. The van der Waals surface area contributed by atoms with Gasteiger partial charge in [-0.05, 0) is 45.2 Å². The van der Waals surface area contributed by atoms with Crippen molar-refractivity contribution in [1.29, 1.82) is 0 Å². The molecule has 1 atom stereocenters. The fraction of sp³-hybridized carbons (Fsp3) is 0.917. The summed E-state index contributed by atoms with van der Waals surface area (Å²) < 4.78 is 0. The fourth-order valence-corrected chi connectivity index (χ4v) is 1.98. The maximum absolute atomic E-state index is 11.7. The molecular weight excluding hydrogens is 188 g/mol. The van der Waals surface area contributed by atoms with Gasteiger partial charge in [0.15, 0.2) is 0 Å². The van der Waals surface area contributed by atoms with Gasteiger partial charge in [0.05, 0.1) is 6.04 Å². The first kappa shape index (κ1) is 12.5. The van der Waals surface area contributed by atoms with Crippen molar-refractivity contribution in [1.82, 2.24) is 10.2 Å². The highest BCUT2D eigenvalue weighted by Gasteiger charge is 2.24. The van der Waals surface area contributed by atoms with E-state index >= 15 is 0 Å². The largest absolute Gasteiger partial charge is 0.355 e. The smallest absolute Gasteiger partial charge is 0.237 e. The lowest BCUT2D eigenvalue weighted by Crippen LogP contribution is -2.48. The molecule has 3 nitrogen and oxygen atoms in total. The number of carbonyl (C=O) groups excluding carboxylic acids is 1. The van der Waals surface area contributed by atoms with Crippen LogP contribution in [0.4, 0.5) is 0 Å². The summed E-state index contributed by atoms with van der Waals surface area (Å²) in [6, 6.07) is 0.0454. The van der Waals surface area contributed by atoms with Gasteiger partial charge in [-0.25, -0.2) is 0 Å². The van der Waals surface area contributed by atoms with E-state index in [1.165, 1.54) is 12.8 Å². The molecule has 1 heterocycles. The predicted octanol–water partition coefficient (Wildman–Crippen LogP) is 1.63. The van der Waals surface area contributed by atoms with Crippen molar-refractivity contribution in [2.24, 2.45) is 5.92 Å². The zero-order valence-electron chi connectivity index (χ0n) is 10.3. The quantitative estimate of drug-likeness (QED) is 0.768. The molecule has 0 bridgehead atoms. The first-order valence-electron chi connectivity index (χ1n) is 6.17. The molecule has 88 valence electrons. The number of nitrogens with one attached hydrogen (secondary N) is 1. The van der Waals surface area contributed by atoms with Gasteiger partial charge < -0.3 is 5.32 Å². The number of hydrogen-bond donors (Lipinski definition) is 1. The Morgan fingerprint density at radius 1 is 1.47 bits per heavy atom. The Balaban J connectivity index is 2.32. The van der Waals surface area contributed by atoms with Crippen LogP contribution in [-0.4, -0.2) is 36.5 Å². The molecule has 1 saturated heterocycles.